The fourth-order valence-electron chi connectivity index (χ4n) is 1.40. The van der Waals surface area contributed by atoms with Gasteiger partial charge in [-0.15, -0.1) is 0 Å². The molecule has 2 rings (SSSR count). The number of nitrogens with zero attached hydrogens (tertiary/aromatic N) is 4. The summed E-state index contributed by atoms with van der Waals surface area (Å²) in [7, 11) is 0. The summed E-state index contributed by atoms with van der Waals surface area (Å²) >= 11 is 0. The molecule has 2 heterocycles. The van der Waals surface area contributed by atoms with Gasteiger partial charge in [-0.25, -0.2) is 4.98 Å². The average molecular weight is 218 g/mol. The highest BCUT2D eigenvalue weighted by atomic mass is 15.3. The summed E-state index contributed by atoms with van der Waals surface area (Å²) in [5.74, 6) is 1.00. The molecule has 16 heavy (non-hydrogen) atoms. The van der Waals surface area contributed by atoms with Crippen molar-refractivity contribution in [2.45, 2.75) is 19.5 Å². The van der Waals surface area contributed by atoms with Crippen molar-refractivity contribution in [3.8, 4) is 0 Å². The Balaban J connectivity index is 1.94. The van der Waals surface area contributed by atoms with Crippen molar-refractivity contribution in [1.82, 2.24) is 19.7 Å². The van der Waals surface area contributed by atoms with Gasteiger partial charge in [0.15, 0.2) is 0 Å². The average Bonchev–Trinajstić information content (AvgIpc) is 2.70. The molecule has 0 amide bonds. The Kier molecular flexibility index (Phi) is 3.00. The van der Waals surface area contributed by atoms with Crippen LogP contribution in [0.2, 0.25) is 0 Å². The Morgan fingerprint density at radius 3 is 3.06 bits per heavy atom. The molecule has 0 aliphatic carbocycles. The van der Waals surface area contributed by atoms with Crippen LogP contribution in [0.1, 0.15) is 6.92 Å². The molecule has 6 nitrogen and oxygen atoms in total. The van der Waals surface area contributed by atoms with Crippen molar-refractivity contribution in [1.29, 1.82) is 0 Å². The molecule has 1 unspecified atom stereocenters. The lowest BCUT2D eigenvalue weighted by atomic mass is 10.3. The Bertz CT molecular complexity index is 438. The second kappa shape index (κ2) is 4.61. The topological polar surface area (TPSA) is 81.7 Å². The van der Waals surface area contributed by atoms with Crippen molar-refractivity contribution >= 4 is 11.8 Å². The van der Waals surface area contributed by atoms with Crippen LogP contribution in [0.25, 0.3) is 0 Å². The zero-order valence-corrected chi connectivity index (χ0v) is 9.04. The second-order valence-electron chi connectivity index (χ2n) is 3.58. The third-order valence-corrected chi connectivity index (χ3v) is 2.07. The van der Waals surface area contributed by atoms with Crippen LogP contribution in [0.3, 0.4) is 0 Å². The van der Waals surface area contributed by atoms with E-state index in [-0.39, 0.29) is 6.04 Å². The molecule has 0 bridgehead atoms. The Morgan fingerprint density at radius 1 is 1.50 bits per heavy atom. The first-order valence-corrected chi connectivity index (χ1v) is 5.06. The SMILES string of the molecule is CC(Cn1cccn1)Nc1nccc(N)n1. The molecular formula is C10H14N6. The lowest BCUT2D eigenvalue weighted by Gasteiger charge is -2.13. The van der Waals surface area contributed by atoms with Gasteiger partial charge in [0, 0.05) is 24.6 Å². The van der Waals surface area contributed by atoms with E-state index in [1.54, 1.807) is 18.5 Å². The Morgan fingerprint density at radius 2 is 2.38 bits per heavy atom. The number of hydrogen-bond acceptors (Lipinski definition) is 5. The maximum absolute atomic E-state index is 5.56. The van der Waals surface area contributed by atoms with Crippen molar-refractivity contribution in [2.24, 2.45) is 0 Å². The molecule has 1 atom stereocenters. The molecule has 0 spiro atoms. The molecule has 2 aromatic rings. The number of hydrogen-bond donors (Lipinski definition) is 2. The van der Waals surface area contributed by atoms with Gasteiger partial charge in [0.05, 0.1) is 6.54 Å². The third kappa shape index (κ3) is 2.69. The zero-order chi connectivity index (χ0) is 11.4. The molecule has 84 valence electrons. The molecule has 0 aliphatic rings. The minimum absolute atomic E-state index is 0.182. The van der Waals surface area contributed by atoms with Gasteiger partial charge >= 0.3 is 0 Å². The fraction of sp³-hybridized carbons (Fsp3) is 0.300. The van der Waals surface area contributed by atoms with Gasteiger partial charge in [0.1, 0.15) is 5.82 Å². The second-order valence-corrected chi connectivity index (χ2v) is 3.58. The largest absolute Gasteiger partial charge is 0.384 e. The van der Waals surface area contributed by atoms with Crippen LogP contribution >= 0.6 is 0 Å². The van der Waals surface area contributed by atoms with Crippen LogP contribution in [-0.4, -0.2) is 25.8 Å². The summed E-state index contributed by atoms with van der Waals surface area (Å²) in [5.41, 5.74) is 5.56. The summed E-state index contributed by atoms with van der Waals surface area (Å²) in [6, 6.07) is 3.73. The summed E-state index contributed by atoms with van der Waals surface area (Å²) in [5, 5.41) is 7.28. The van der Waals surface area contributed by atoms with Crippen LogP contribution in [0, 0.1) is 0 Å². The molecule has 0 aromatic carbocycles. The number of aromatic nitrogens is 4. The van der Waals surface area contributed by atoms with E-state index in [9.17, 15) is 0 Å². The lowest BCUT2D eigenvalue weighted by Crippen LogP contribution is -2.23. The zero-order valence-electron chi connectivity index (χ0n) is 9.04. The maximum atomic E-state index is 5.56. The summed E-state index contributed by atoms with van der Waals surface area (Å²) in [4.78, 5) is 8.15. The van der Waals surface area contributed by atoms with Crippen molar-refractivity contribution in [3.05, 3.63) is 30.7 Å². The molecule has 6 heteroatoms. The minimum atomic E-state index is 0.182. The van der Waals surface area contributed by atoms with E-state index < -0.39 is 0 Å². The summed E-state index contributed by atoms with van der Waals surface area (Å²) < 4.78 is 1.85. The van der Waals surface area contributed by atoms with Crippen LogP contribution in [0.15, 0.2) is 30.7 Å². The molecular weight excluding hydrogens is 204 g/mol. The van der Waals surface area contributed by atoms with Crippen LogP contribution in [-0.2, 0) is 6.54 Å². The van der Waals surface area contributed by atoms with E-state index in [0.717, 1.165) is 6.54 Å². The van der Waals surface area contributed by atoms with Gasteiger partial charge in [-0.3, -0.25) is 4.68 Å². The standard InChI is InChI=1S/C10H14N6/c1-8(7-16-6-2-4-13-16)14-10-12-5-3-9(11)15-10/h2-6,8H,7H2,1H3,(H3,11,12,14,15). The van der Waals surface area contributed by atoms with Crippen molar-refractivity contribution < 1.29 is 0 Å². The Labute approximate surface area is 93.5 Å². The van der Waals surface area contributed by atoms with Gasteiger partial charge in [-0.05, 0) is 19.1 Å². The first-order valence-electron chi connectivity index (χ1n) is 5.06. The fourth-order valence-corrected chi connectivity index (χ4v) is 1.40. The summed E-state index contributed by atoms with van der Waals surface area (Å²) in [6.45, 7) is 2.79. The highest BCUT2D eigenvalue weighted by molar-refractivity contribution is 5.35. The predicted molar refractivity (Wildman–Crippen MR) is 61.8 cm³/mol. The van der Waals surface area contributed by atoms with Gasteiger partial charge in [-0.2, -0.15) is 10.1 Å². The van der Waals surface area contributed by atoms with Gasteiger partial charge < -0.3 is 11.1 Å². The maximum Gasteiger partial charge on any atom is 0.224 e. The molecule has 0 fully saturated rings. The molecule has 0 aliphatic heterocycles. The summed E-state index contributed by atoms with van der Waals surface area (Å²) in [6.07, 6.45) is 5.30. The van der Waals surface area contributed by atoms with E-state index in [4.69, 9.17) is 5.73 Å². The smallest absolute Gasteiger partial charge is 0.224 e. The number of anilines is 2. The number of nitrogen functional groups attached to an aromatic ring is 1. The van der Waals surface area contributed by atoms with E-state index in [1.165, 1.54) is 0 Å². The molecule has 3 N–H and O–H groups in total. The highest BCUT2D eigenvalue weighted by Gasteiger charge is 2.04. The normalized spacial score (nSPS) is 12.3. The van der Waals surface area contributed by atoms with Crippen molar-refractivity contribution in [3.63, 3.8) is 0 Å². The number of nitrogens with two attached hydrogens (primary N) is 1. The first kappa shape index (κ1) is 10.4. The van der Waals surface area contributed by atoms with E-state index >= 15 is 0 Å². The predicted octanol–water partition coefficient (Wildman–Crippen LogP) is 0.756. The van der Waals surface area contributed by atoms with E-state index in [1.807, 2.05) is 23.9 Å². The molecule has 0 saturated carbocycles. The van der Waals surface area contributed by atoms with E-state index in [2.05, 4.69) is 20.4 Å². The Hall–Kier alpha value is -2.11. The van der Waals surface area contributed by atoms with Gasteiger partial charge in [-0.1, -0.05) is 0 Å². The van der Waals surface area contributed by atoms with Gasteiger partial charge in [0.25, 0.3) is 0 Å². The quantitative estimate of drug-likeness (QED) is 0.791. The van der Waals surface area contributed by atoms with Crippen LogP contribution in [0.4, 0.5) is 11.8 Å². The van der Waals surface area contributed by atoms with Crippen LogP contribution < -0.4 is 11.1 Å². The highest BCUT2D eigenvalue weighted by Crippen LogP contribution is 2.04. The van der Waals surface area contributed by atoms with Crippen LogP contribution in [0.5, 0.6) is 0 Å². The number of rotatable bonds is 4. The first-order chi connectivity index (χ1) is 7.74. The monoisotopic (exact) mass is 218 g/mol. The lowest BCUT2D eigenvalue weighted by molar-refractivity contribution is 0.558. The van der Waals surface area contributed by atoms with Crippen molar-refractivity contribution in [2.75, 3.05) is 11.1 Å². The minimum Gasteiger partial charge on any atom is -0.384 e. The molecule has 0 saturated heterocycles. The number of nitrogens with one attached hydrogen (secondary N) is 1. The molecule has 2 aromatic heterocycles. The van der Waals surface area contributed by atoms with E-state index in [0.29, 0.717) is 11.8 Å². The van der Waals surface area contributed by atoms with Gasteiger partial charge in [0.2, 0.25) is 5.95 Å². The molecule has 0 radical (unpaired) electrons. The third-order valence-electron chi connectivity index (χ3n) is 2.07.